The Bertz CT molecular complexity index is 2370. The Morgan fingerprint density at radius 1 is 0.827 bits per heavy atom. The van der Waals surface area contributed by atoms with Gasteiger partial charge in [-0.15, -0.1) is 10.2 Å². The number of anilines is 2. The van der Waals surface area contributed by atoms with Crippen LogP contribution in [0.3, 0.4) is 0 Å². The fourth-order valence-corrected chi connectivity index (χ4v) is 7.27. The SMILES string of the molecule is Cc1c(Nc2nccc3cc(CN4CC[C@@H](O)C4)cnc23)cccc1-c1cccc(-c2ccn3c(-c4ccc(CNCCO)cc4)nnc3c2)c1C. The quantitative estimate of drug-likeness (QED) is 0.110. The maximum atomic E-state index is 9.93. The average molecular weight is 691 g/mol. The second-order valence-electron chi connectivity index (χ2n) is 13.6. The Morgan fingerprint density at radius 2 is 1.63 bits per heavy atom. The minimum Gasteiger partial charge on any atom is -0.395 e. The first-order valence-electron chi connectivity index (χ1n) is 17.8. The van der Waals surface area contributed by atoms with Gasteiger partial charge in [0.2, 0.25) is 0 Å². The highest BCUT2D eigenvalue weighted by Crippen LogP contribution is 2.37. The summed E-state index contributed by atoms with van der Waals surface area (Å²) in [6.07, 6.45) is 6.38. The summed E-state index contributed by atoms with van der Waals surface area (Å²) in [5.41, 5.74) is 12.7. The number of aliphatic hydroxyl groups excluding tert-OH is 2. The predicted octanol–water partition coefficient (Wildman–Crippen LogP) is 6.68. The van der Waals surface area contributed by atoms with Gasteiger partial charge in [-0.1, -0.05) is 54.6 Å². The summed E-state index contributed by atoms with van der Waals surface area (Å²) in [5.74, 6) is 1.51. The maximum Gasteiger partial charge on any atom is 0.168 e. The number of nitrogens with zero attached hydrogens (tertiary/aromatic N) is 6. The van der Waals surface area contributed by atoms with Gasteiger partial charge < -0.3 is 20.8 Å². The molecule has 0 spiro atoms. The molecular formula is C42H42N8O2. The lowest BCUT2D eigenvalue weighted by molar-refractivity contribution is 0.175. The van der Waals surface area contributed by atoms with Crippen molar-refractivity contribution in [1.29, 1.82) is 0 Å². The number of fused-ring (bicyclic) bond motifs is 2. The van der Waals surface area contributed by atoms with Gasteiger partial charge in [0, 0.05) is 68.0 Å². The Balaban J connectivity index is 1.04. The molecule has 4 aromatic heterocycles. The van der Waals surface area contributed by atoms with E-state index in [1.54, 1.807) is 0 Å². The van der Waals surface area contributed by atoms with Crippen LogP contribution in [-0.2, 0) is 13.1 Å². The molecule has 1 fully saturated rings. The summed E-state index contributed by atoms with van der Waals surface area (Å²) in [7, 11) is 0. The number of benzene rings is 3. The fourth-order valence-electron chi connectivity index (χ4n) is 7.27. The van der Waals surface area contributed by atoms with E-state index < -0.39 is 0 Å². The van der Waals surface area contributed by atoms with Gasteiger partial charge in [-0.05, 0) is 95.1 Å². The number of hydrogen-bond donors (Lipinski definition) is 4. The molecule has 0 radical (unpaired) electrons. The van der Waals surface area contributed by atoms with Crippen LogP contribution in [0.25, 0.3) is 50.2 Å². The van der Waals surface area contributed by atoms with Crippen LogP contribution in [0.15, 0.2) is 104 Å². The second kappa shape index (κ2) is 14.6. The van der Waals surface area contributed by atoms with Crippen molar-refractivity contribution in [2.24, 2.45) is 0 Å². The fraction of sp³-hybridized carbons (Fsp3) is 0.238. The van der Waals surface area contributed by atoms with Gasteiger partial charge in [-0.3, -0.25) is 14.3 Å². The number of hydrogen-bond acceptors (Lipinski definition) is 9. The van der Waals surface area contributed by atoms with Gasteiger partial charge in [0.1, 0.15) is 5.52 Å². The Morgan fingerprint density at radius 3 is 2.44 bits per heavy atom. The van der Waals surface area contributed by atoms with Gasteiger partial charge >= 0.3 is 0 Å². The highest BCUT2D eigenvalue weighted by Gasteiger charge is 2.21. The molecule has 8 rings (SSSR count). The van der Waals surface area contributed by atoms with Crippen LogP contribution in [0.4, 0.5) is 11.5 Å². The van der Waals surface area contributed by atoms with Gasteiger partial charge in [0.15, 0.2) is 17.3 Å². The van der Waals surface area contributed by atoms with Crippen molar-refractivity contribution in [3.8, 4) is 33.6 Å². The lowest BCUT2D eigenvalue weighted by Crippen LogP contribution is -2.21. The topological polar surface area (TPSA) is 124 Å². The number of rotatable bonds is 11. The molecule has 1 saturated heterocycles. The molecule has 0 amide bonds. The zero-order chi connectivity index (χ0) is 35.6. The van der Waals surface area contributed by atoms with E-state index in [-0.39, 0.29) is 12.7 Å². The minimum absolute atomic E-state index is 0.123. The van der Waals surface area contributed by atoms with Gasteiger partial charge in [0.05, 0.1) is 12.7 Å². The highest BCUT2D eigenvalue weighted by molar-refractivity contribution is 5.91. The maximum absolute atomic E-state index is 9.93. The molecule has 10 heteroatoms. The summed E-state index contributed by atoms with van der Waals surface area (Å²) in [6, 6.07) is 29.5. The second-order valence-corrected chi connectivity index (χ2v) is 13.6. The van der Waals surface area contributed by atoms with Crippen LogP contribution in [0.1, 0.15) is 28.7 Å². The number of β-amino-alcohol motifs (C(OH)–C–C–N with tert-alkyl or cyclic N) is 1. The van der Waals surface area contributed by atoms with Crippen LogP contribution in [0, 0.1) is 13.8 Å². The molecule has 4 N–H and O–H groups in total. The lowest BCUT2D eigenvalue weighted by Gasteiger charge is -2.18. The first-order valence-corrected chi connectivity index (χ1v) is 17.8. The molecule has 1 atom stereocenters. The summed E-state index contributed by atoms with van der Waals surface area (Å²) >= 11 is 0. The van der Waals surface area contributed by atoms with Crippen molar-refractivity contribution in [3.63, 3.8) is 0 Å². The van der Waals surface area contributed by atoms with Crippen molar-refractivity contribution in [2.75, 3.05) is 31.6 Å². The smallest absolute Gasteiger partial charge is 0.168 e. The number of aliphatic hydroxyl groups is 2. The normalized spacial score (nSPS) is 14.8. The third-order valence-electron chi connectivity index (χ3n) is 10.1. The Labute approximate surface area is 302 Å². The van der Waals surface area contributed by atoms with Crippen LogP contribution in [-0.4, -0.2) is 72.0 Å². The van der Waals surface area contributed by atoms with Crippen molar-refractivity contribution in [3.05, 3.63) is 126 Å². The molecular weight excluding hydrogens is 649 g/mol. The van der Waals surface area contributed by atoms with E-state index in [1.807, 2.05) is 29.1 Å². The predicted molar refractivity (Wildman–Crippen MR) is 206 cm³/mol. The molecule has 0 unspecified atom stereocenters. The number of nitrogens with one attached hydrogen (secondary N) is 2. The summed E-state index contributed by atoms with van der Waals surface area (Å²) in [5, 5.41) is 35.9. The molecule has 0 saturated carbocycles. The van der Waals surface area contributed by atoms with E-state index in [0.29, 0.717) is 19.6 Å². The number of likely N-dealkylation sites (tertiary alicyclic amines) is 1. The first kappa shape index (κ1) is 33.6. The van der Waals surface area contributed by atoms with Crippen LogP contribution < -0.4 is 10.6 Å². The minimum atomic E-state index is -0.237. The number of aromatic nitrogens is 5. The molecule has 262 valence electrons. The standard InChI is InChI=1S/C42H42N8O2/c1-27-35(32-14-19-50-39(22-32)47-48-42(50)31-11-9-29(10-12-31)23-43-17-20-51)5-3-6-36(27)37-7-4-8-38(28(37)2)46-41-40-33(13-16-44-41)21-30(24-45-40)25-49-18-15-34(52)26-49/h3-14,16,19,21-22,24,34,43,51-52H,15,17-18,20,23,25-26H2,1-2H3,(H,44,46)/t34-/m1/s1. The molecule has 5 heterocycles. The lowest BCUT2D eigenvalue weighted by atomic mass is 9.90. The largest absolute Gasteiger partial charge is 0.395 e. The van der Waals surface area contributed by atoms with Crippen molar-refractivity contribution in [1.82, 2.24) is 34.8 Å². The first-order chi connectivity index (χ1) is 25.4. The molecule has 1 aliphatic heterocycles. The summed E-state index contributed by atoms with van der Waals surface area (Å²) in [4.78, 5) is 11.8. The van der Waals surface area contributed by atoms with Gasteiger partial charge in [-0.25, -0.2) is 4.98 Å². The zero-order valence-corrected chi connectivity index (χ0v) is 29.4. The molecule has 0 aliphatic carbocycles. The van der Waals surface area contributed by atoms with Gasteiger partial charge in [-0.2, -0.15) is 0 Å². The van der Waals surface area contributed by atoms with E-state index in [2.05, 4.69) is 123 Å². The van der Waals surface area contributed by atoms with E-state index in [0.717, 1.165) is 97.9 Å². The van der Waals surface area contributed by atoms with Crippen molar-refractivity contribution < 1.29 is 10.2 Å². The Kier molecular flexibility index (Phi) is 9.44. The molecule has 1 aliphatic rings. The van der Waals surface area contributed by atoms with E-state index >= 15 is 0 Å². The third kappa shape index (κ3) is 6.77. The molecule has 10 nitrogen and oxygen atoms in total. The van der Waals surface area contributed by atoms with Crippen LogP contribution in [0.2, 0.25) is 0 Å². The monoisotopic (exact) mass is 690 g/mol. The summed E-state index contributed by atoms with van der Waals surface area (Å²) < 4.78 is 2.02. The zero-order valence-electron chi connectivity index (χ0n) is 29.4. The van der Waals surface area contributed by atoms with E-state index in [4.69, 9.17) is 10.1 Å². The number of pyridine rings is 3. The van der Waals surface area contributed by atoms with E-state index in [1.165, 1.54) is 5.56 Å². The highest BCUT2D eigenvalue weighted by atomic mass is 16.3. The molecule has 0 bridgehead atoms. The molecule has 3 aromatic carbocycles. The van der Waals surface area contributed by atoms with Gasteiger partial charge in [0.25, 0.3) is 0 Å². The molecule has 7 aromatic rings. The van der Waals surface area contributed by atoms with Crippen LogP contribution in [0.5, 0.6) is 0 Å². The third-order valence-corrected chi connectivity index (χ3v) is 10.1. The van der Waals surface area contributed by atoms with Crippen LogP contribution >= 0.6 is 0 Å². The van der Waals surface area contributed by atoms with E-state index in [9.17, 15) is 5.11 Å². The Hall–Kier alpha value is -5.52. The van der Waals surface area contributed by atoms with Crippen molar-refractivity contribution >= 4 is 28.1 Å². The molecule has 52 heavy (non-hydrogen) atoms. The van der Waals surface area contributed by atoms with Crippen molar-refractivity contribution in [2.45, 2.75) is 39.5 Å². The summed E-state index contributed by atoms with van der Waals surface area (Å²) in [6.45, 7) is 8.11. The average Bonchev–Trinajstić information content (AvgIpc) is 3.78.